The average Bonchev–Trinajstić information content (AvgIpc) is 2.11. The molecule has 0 spiro atoms. The van der Waals surface area contributed by atoms with E-state index < -0.39 is 6.61 Å². The zero-order chi connectivity index (χ0) is 10.7. The third-order valence-electron chi connectivity index (χ3n) is 1.51. The number of benzene rings is 1. The monoisotopic (exact) mass is 241 g/mol. The summed E-state index contributed by atoms with van der Waals surface area (Å²) in [7, 11) is 0. The number of rotatable bonds is 3. The molecule has 1 aromatic carbocycles. The zero-order valence-electron chi connectivity index (χ0n) is 6.94. The molecule has 0 aliphatic carbocycles. The van der Waals surface area contributed by atoms with Crippen molar-refractivity contribution >= 4 is 23.2 Å². The summed E-state index contributed by atoms with van der Waals surface area (Å²) in [6, 6.07) is 2.84. The van der Waals surface area contributed by atoms with E-state index in [2.05, 4.69) is 4.74 Å². The maximum Gasteiger partial charge on any atom is 0.387 e. The predicted octanol–water partition coefficient (Wildman–Crippen LogP) is 3.05. The Bertz CT molecular complexity index is 333. The van der Waals surface area contributed by atoms with Crippen molar-refractivity contribution in [1.82, 2.24) is 0 Å². The maximum absolute atomic E-state index is 11.9. The lowest BCUT2D eigenvalue weighted by Crippen LogP contribution is -2.04. The van der Waals surface area contributed by atoms with Crippen molar-refractivity contribution in [2.75, 3.05) is 0 Å². The van der Waals surface area contributed by atoms with Gasteiger partial charge >= 0.3 is 6.61 Å². The number of halogens is 4. The van der Waals surface area contributed by atoms with E-state index in [1.54, 1.807) is 0 Å². The van der Waals surface area contributed by atoms with Gasteiger partial charge in [-0.15, -0.1) is 0 Å². The van der Waals surface area contributed by atoms with Crippen LogP contribution < -0.4 is 10.5 Å². The lowest BCUT2D eigenvalue weighted by Gasteiger charge is -2.09. The SMILES string of the molecule is NCc1cc(Cl)c(Cl)c(OC(F)F)c1. The molecule has 78 valence electrons. The second-order valence-corrected chi connectivity index (χ2v) is 3.26. The number of ether oxygens (including phenoxy) is 1. The van der Waals surface area contributed by atoms with Gasteiger partial charge < -0.3 is 10.5 Å². The molecule has 0 saturated heterocycles. The second kappa shape index (κ2) is 4.77. The van der Waals surface area contributed by atoms with Gasteiger partial charge in [0.15, 0.2) is 0 Å². The van der Waals surface area contributed by atoms with E-state index in [1.807, 2.05) is 0 Å². The Morgan fingerprint density at radius 1 is 1.36 bits per heavy atom. The van der Waals surface area contributed by atoms with Gasteiger partial charge in [-0.1, -0.05) is 23.2 Å². The Balaban J connectivity index is 3.07. The highest BCUT2D eigenvalue weighted by molar-refractivity contribution is 6.43. The third-order valence-corrected chi connectivity index (χ3v) is 2.29. The standard InChI is InChI=1S/C8H7Cl2F2NO/c9-5-1-4(3-13)2-6(7(5)10)14-8(11)12/h1-2,8H,3,13H2. The van der Waals surface area contributed by atoms with Crippen LogP contribution in [0.1, 0.15) is 5.56 Å². The first-order chi connectivity index (χ1) is 6.54. The lowest BCUT2D eigenvalue weighted by molar-refractivity contribution is -0.0498. The number of hydrogen-bond acceptors (Lipinski definition) is 2. The van der Waals surface area contributed by atoms with Crippen LogP contribution in [0.5, 0.6) is 5.75 Å². The van der Waals surface area contributed by atoms with Crippen LogP contribution in [0.3, 0.4) is 0 Å². The molecule has 0 amide bonds. The molecule has 0 saturated carbocycles. The van der Waals surface area contributed by atoms with Crippen LogP contribution in [-0.4, -0.2) is 6.61 Å². The van der Waals surface area contributed by atoms with Crippen molar-refractivity contribution in [3.05, 3.63) is 27.7 Å². The molecule has 0 aliphatic heterocycles. The van der Waals surface area contributed by atoms with Gasteiger partial charge in [-0.05, 0) is 17.7 Å². The summed E-state index contributed by atoms with van der Waals surface area (Å²) in [4.78, 5) is 0. The molecule has 1 rings (SSSR count). The van der Waals surface area contributed by atoms with Crippen LogP contribution in [-0.2, 0) is 6.54 Å². The molecule has 2 nitrogen and oxygen atoms in total. The predicted molar refractivity (Wildman–Crippen MR) is 51.0 cm³/mol. The summed E-state index contributed by atoms with van der Waals surface area (Å²) in [6.45, 7) is -2.76. The quantitative estimate of drug-likeness (QED) is 0.883. The minimum atomic E-state index is -2.93. The topological polar surface area (TPSA) is 35.2 Å². The highest BCUT2D eigenvalue weighted by Crippen LogP contribution is 2.34. The van der Waals surface area contributed by atoms with Gasteiger partial charge in [0.05, 0.1) is 5.02 Å². The van der Waals surface area contributed by atoms with E-state index in [0.717, 1.165) is 0 Å². The fourth-order valence-electron chi connectivity index (χ4n) is 0.917. The molecule has 0 aliphatic rings. The number of nitrogens with two attached hydrogens (primary N) is 1. The molecule has 0 atom stereocenters. The lowest BCUT2D eigenvalue weighted by atomic mass is 10.2. The van der Waals surface area contributed by atoms with Crippen LogP contribution in [0.15, 0.2) is 12.1 Å². The van der Waals surface area contributed by atoms with Crippen molar-refractivity contribution in [2.45, 2.75) is 13.2 Å². The van der Waals surface area contributed by atoms with Crippen molar-refractivity contribution in [3.63, 3.8) is 0 Å². The molecule has 1 aromatic rings. The summed E-state index contributed by atoms with van der Waals surface area (Å²) in [5.41, 5.74) is 5.90. The molecule has 0 unspecified atom stereocenters. The highest BCUT2D eigenvalue weighted by Gasteiger charge is 2.12. The van der Waals surface area contributed by atoms with Crippen LogP contribution in [0, 0.1) is 0 Å². The maximum atomic E-state index is 11.9. The Kier molecular flexibility index (Phi) is 3.92. The first-order valence-electron chi connectivity index (χ1n) is 3.67. The molecule has 0 radical (unpaired) electrons. The van der Waals surface area contributed by atoms with Crippen molar-refractivity contribution in [1.29, 1.82) is 0 Å². The van der Waals surface area contributed by atoms with Crippen LogP contribution in [0.2, 0.25) is 10.0 Å². The van der Waals surface area contributed by atoms with Gasteiger partial charge in [-0.2, -0.15) is 8.78 Å². The molecule has 2 N–H and O–H groups in total. The summed E-state index contributed by atoms with van der Waals surface area (Å²) < 4.78 is 28.0. The largest absolute Gasteiger partial charge is 0.433 e. The van der Waals surface area contributed by atoms with E-state index in [0.29, 0.717) is 5.56 Å². The van der Waals surface area contributed by atoms with E-state index in [1.165, 1.54) is 12.1 Å². The molecule has 6 heteroatoms. The fraction of sp³-hybridized carbons (Fsp3) is 0.250. The van der Waals surface area contributed by atoms with E-state index in [-0.39, 0.29) is 22.3 Å². The van der Waals surface area contributed by atoms with Gasteiger partial charge in [-0.25, -0.2) is 0 Å². The molecule has 14 heavy (non-hydrogen) atoms. The summed E-state index contributed by atoms with van der Waals surface area (Å²) in [5, 5.41) is 0.106. The summed E-state index contributed by atoms with van der Waals surface area (Å²) in [6.07, 6.45) is 0. The fourth-order valence-corrected chi connectivity index (χ4v) is 1.30. The van der Waals surface area contributed by atoms with Crippen LogP contribution in [0.25, 0.3) is 0 Å². The molecule has 0 fully saturated rings. The minimum Gasteiger partial charge on any atom is -0.433 e. The van der Waals surface area contributed by atoms with Gasteiger partial charge in [0.1, 0.15) is 10.8 Å². The number of alkyl halides is 2. The van der Waals surface area contributed by atoms with Gasteiger partial charge in [0, 0.05) is 6.54 Å². The first-order valence-corrected chi connectivity index (χ1v) is 4.43. The smallest absolute Gasteiger partial charge is 0.387 e. The van der Waals surface area contributed by atoms with Gasteiger partial charge in [-0.3, -0.25) is 0 Å². The Labute approximate surface area is 89.6 Å². The van der Waals surface area contributed by atoms with Crippen LogP contribution >= 0.6 is 23.2 Å². The van der Waals surface area contributed by atoms with E-state index in [4.69, 9.17) is 28.9 Å². The zero-order valence-corrected chi connectivity index (χ0v) is 8.45. The molecule has 0 bridgehead atoms. The summed E-state index contributed by atoms with van der Waals surface area (Å²) >= 11 is 11.3. The van der Waals surface area contributed by atoms with Crippen molar-refractivity contribution < 1.29 is 13.5 Å². The van der Waals surface area contributed by atoms with E-state index >= 15 is 0 Å². The average molecular weight is 242 g/mol. The minimum absolute atomic E-state index is 0.0378. The van der Waals surface area contributed by atoms with Crippen molar-refractivity contribution in [2.24, 2.45) is 5.73 Å². The Morgan fingerprint density at radius 3 is 2.50 bits per heavy atom. The Morgan fingerprint density at radius 2 is 2.00 bits per heavy atom. The molecular formula is C8H7Cl2F2NO. The van der Waals surface area contributed by atoms with E-state index in [9.17, 15) is 8.78 Å². The first kappa shape index (κ1) is 11.5. The number of hydrogen-bond donors (Lipinski definition) is 1. The van der Waals surface area contributed by atoms with Crippen molar-refractivity contribution in [3.8, 4) is 5.75 Å². The molecular weight excluding hydrogens is 235 g/mol. The normalized spacial score (nSPS) is 10.7. The van der Waals surface area contributed by atoms with Gasteiger partial charge in [0.25, 0.3) is 0 Å². The Hall–Kier alpha value is -0.580. The molecule has 0 heterocycles. The summed E-state index contributed by atoms with van der Waals surface area (Å²) in [5.74, 6) is -0.158. The molecule has 0 aromatic heterocycles. The highest BCUT2D eigenvalue weighted by atomic mass is 35.5. The van der Waals surface area contributed by atoms with Crippen LogP contribution in [0.4, 0.5) is 8.78 Å². The van der Waals surface area contributed by atoms with Gasteiger partial charge in [0.2, 0.25) is 0 Å². The third kappa shape index (κ3) is 2.70. The second-order valence-electron chi connectivity index (χ2n) is 2.47.